The third-order valence-corrected chi connectivity index (χ3v) is 6.91. The minimum absolute atomic E-state index is 0.315. The monoisotopic (exact) mass is 377 g/mol. The lowest BCUT2D eigenvalue weighted by atomic mass is 10.1. The Morgan fingerprint density at radius 2 is 1.64 bits per heavy atom. The third kappa shape index (κ3) is 4.41. The Hall–Kier alpha value is -1.86. The van der Waals surface area contributed by atoms with Gasteiger partial charge in [0.05, 0.1) is 18.2 Å². The number of ether oxygens (including phenoxy) is 1. The van der Waals surface area contributed by atoms with Gasteiger partial charge in [0.25, 0.3) is 11.8 Å². The summed E-state index contributed by atoms with van der Waals surface area (Å²) in [7, 11) is 0.0257. The van der Waals surface area contributed by atoms with Gasteiger partial charge in [-0.25, -0.2) is 9.10 Å². The highest BCUT2D eigenvalue weighted by atomic mass is 32.2. The van der Waals surface area contributed by atoms with Crippen LogP contribution in [0.1, 0.15) is 34.1 Å². The lowest BCUT2D eigenvalue weighted by molar-refractivity contribution is -0.135. The fraction of sp³-hybridized carbons (Fsp3) is 0.389. The Morgan fingerprint density at radius 1 is 1.12 bits per heavy atom. The summed E-state index contributed by atoms with van der Waals surface area (Å²) in [5, 5.41) is 0. The van der Waals surface area contributed by atoms with Gasteiger partial charge in [-0.15, -0.1) is 0 Å². The molecule has 2 amide bonds. The van der Waals surface area contributed by atoms with Crippen LogP contribution in [0.3, 0.4) is 0 Å². The van der Waals surface area contributed by atoms with Crippen LogP contribution in [0.4, 0.5) is 0 Å². The van der Waals surface area contributed by atoms with E-state index in [4.69, 9.17) is 4.74 Å². The molecule has 0 aromatic heterocycles. The van der Waals surface area contributed by atoms with Crippen molar-refractivity contribution in [3.05, 3.63) is 45.9 Å². The van der Waals surface area contributed by atoms with Gasteiger partial charge >= 0.3 is 5.97 Å². The zero-order valence-electron chi connectivity index (χ0n) is 15.2. The Kier molecular flexibility index (Phi) is 5.90. The van der Waals surface area contributed by atoms with E-state index in [2.05, 4.69) is 19.6 Å². The van der Waals surface area contributed by atoms with Gasteiger partial charge in [-0.05, 0) is 25.5 Å². The first-order chi connectivity index (χ1) is 11.7. The highest BCUT2D eigenvalue weighted by Gasteiger charge is 2.38. The van der Waals surface area contributed by atoms with E-state index >= 15 is 0 Å². The highest BCUT2D eigenvalue weighted by molar-refractivity contribution is 8.02. The molecule has 1 aromatic rings. The standard InChI is InChI=1S/C18H23NO4SSi/c1-12(10-11-25(3,4)5)15(18(22)23-2)24-19-16(20)13-8-6-7-9-14(13)17(19)21/h6-9H,10-11H2,1-5H3/b15-12+. The summed E-state index contributed by atoms with van der Waals surface area (Å²) in [6, 6.07) is 7.69. The van der Waals surface area contributed by atoms with E-state index in [1.54, 1.807) is 24.3 Å². The lowest BCUT2D eigenvalue weighted by Gasteiger charge is -2.19. The zero-order chi connectivity index (χ0) is 18.8. The number of esters is 1. The summed E-state index contributed by atoms with van der Waals surface area (Å²) < 4.78 is 5.92. The van der Waals surface area contributed by atoms with E-state index < -0.39 is 25.9 Å². The van der Waals surface area contributed by atoms with Gasteiger partial charge < -0.3 is 4.74 Å². The van der Waals surface area contributed by atoms with Gasteiger partial charge in [-0.3, -0.25) is 9.59 Å². The molecular formula is C18H23NO4SSi. The van der Waals surface area contributed by atoms with Crippen molar-refractivity contribution >= 4 is 37.8 Å². The van der Waals surface area contributed by atoms with Gasteiger partial charge in [0.2, 0.25) is 0 Å². The first-order valence-electron chi connectivity index (χ1n) is 8.09. The molecule has 0 atom stereocenters. The molecule has 7 heteroatoms. The summed E-state index contributed by atoms with van der Waals surface area (Å²) in [5.41, 5.74) is 1.57. The van der Waals surface area contributed by atoms with Crippen molar-refractivity contribution in [3.63, 3.8) is 0 Å². The Balaban J connectivity index is 2.28. The van der Waals surface area contributed by atoms with Crippen molar-refractivity contribution < 1.29 is 19.1 Å². The molecule has 0 saturated carbocycles. The van der Waals surface area contributed by atoms with Crippen molar-refractivity contribution in [2.45, 2.75) is 39.0 Å². The van der Waals surface area contributed by atoms with E-state index in [1.165, 1.54) is 7.11 Å². The molecule has 0 spiro atoms. The molecule has 0 saturated heterocycles. The van der Waals surface area contributed by atoms with E-state index in [1.807, 2.05) is 6.92 Å². The summed E-state index contributed by atoms with van der Waals surface area (Å²) in [6.07, 6.45) is 0.746. The number of amides is 2. The van der Waals surface area contributed by atoms with Crippen molar-refractivity contribution in [3.8, 4) is 0 Å². The number of imide groups is 1. The molecule has 1 aromatic carbocycles. The molecule has 0 radical (unpaired) electrons. The Bertz CT molecular complexity index is 717. The quantitative estimate of drug-likeness (QED) is 0.245. The Morgan fingerprint density at radius 3 is 2.08 bits per heavy atom. The fourth-order valence-corrected chi connectivity index (χ4v) is 4.49. The molecule has 0 bridgehead atoms. The van der Waals surface area contributed by atoms with Gasteiger partial charge in [0.15, 0.2) is 0 Å². The van der Waals surface area contributed by atoms with E-state index in [0.717, 1.165) is 34.3 Å². The van der Waals surface area contributed by atoms with Gasteiger partial charge in [-0.2, -0.15) is 0 Å². The molecule has 0 unspecified atom stereocenters. The summed E-state index contributed by atoms with van der Waals surface area (Å²) >= 11 is 0.871. The van der Waals surface area contributed by atoms with E-state index in [9.17, 15) is 14.4 Å². The van der Waals surface area contributed by atoms with Gasteiger partial charge in [0, 0.05) is 20.0 Å². The van der Waals surface area contributed by atoms with Crippen LogP contribution in [-0.4, -0.2) is 37.3 Å². The first-order valence-corrected chi connectivity index (χ1v) is 12.6. The summed E-state index contributed by atoms with van der Waals surface area (Å²) in [6.45, 7) is 8.64. The topological polar surface area (TPSA) is 63.7 Å². The van der Waals surface area contributed by atoms with Crippen LogP contribution in [-0.2, 0) is 9.53 Å². The largest absolute Gasteiger partial charge is 0.465 e. The Labute approximate surface area is 153 Å². The molecule has 1 heterocycles. The molecule has 5 nitrogen and oxygen atoms in total. The molecule has 1 aliphatic heterocycles. The molecule has 1 aliphatic rings. The second kappa shape index (κ2) is 7.57. The fourth-order valence-electron chi connectivity index (χ4n) is 2.40. The van der Waals surface area contributed by atoms with Gasteiger partial charge in [-0.1, -0.05) is 43.4 Å². The first kappa shape index (κ1) is 19.5. The van der Waals surface area contributed by atoms with Crippen LogP contribution >= 0.6 is 11.9 Å². The number of hydrogen-bond donors (Lipinski definition) is 0. The highest BCUT2D eigenvalue weighted by Crippen LogP contribution is 2.35. The molecule has 0 fully saturated rings. The SMILES string of the molecule is COC(=O)/C(SN1C(=O)c2ccccc2C1=O)=C(/C)CC[Si](C)(C)C. The lowest BCUT2D eigenvalue weighted by Crippen LogP contribution is -2.24. The maximum absolute atomic E-state index is 12.5. The van der Waals surface area contributed by atoms with Crippen LogP contribution in [0.25, 0.3) is 0 Å². The maximum atomic E-state index is 12.5. The normalized spacial score (nSPS) is 15.2. The average molecular weight is 378 g/mol. The number of methoxy groups -OCH3 is 1. The van der Waals surface area contributed by atoms with Crippen molar-refractivity contribution in [2.75, 3.05) is 7.11 Å². The number of hydrogen-bond acceptors (Lipinski definition) is 5. The molecule has 134 valence electrons. The number of allylic oxidation sites excluding steroid dienone is 1. The van der Waals surface area contributed by atoms with Crippen LogP contribution in [0, 0.1) is 0 Å². The summed E-state index contributed by atoms with van der Waals surface area (Å²) in [5.74, 6) is -1.32. The number of carbonyl (C=O) groups excluding carboxylic acids is 3. The predicted octanol–water partition coefficient (Wildman–Crippen LogP) is 4.11. The molecular weight excluding hydrogens is 354 g/mol. The number of nitrogens with zero attached hydrogens (tertiary/aromatic N) is 1. The predicted molar refractivity (Wildman–Crippen MR) is 102 cm³/mol. The van der Waals surface area contributed by atoms with Crippen LogP contribution in [0.2, 0.25) is 25.7 Å². The van der Waals surface area contributed by atoms with Crippen molar-refractivity contribution in [1.82, 2.24) is 4.31 Å². The summed E-state index contributed by atoms with van der Waals surface area (Å²) in [4.78, 5) is 37.5. The molecule has 0 N–H and O–H groups in total. The zero-order valence-corrected chi connectivity index (χ0v) is 17.0. The van der Waals surface area contributed by atoms with E-state index in [0.29, 0.717) is 16.0 Å². The number of carbonyl (C=O) groups is 3. The molecule has 2 rings (SSSR count). The molecule has 0 aliphatic carbocycles. The average Bonchev–Trinajstić information content (AvgIpc) is 2.81. The minimum atomic E-state index is -1.28. The number of fused-ring (bicyclic) bond motifs is 1. The van der Waals surface area contributed by atoms with E-state index in [-0.39, 0.29) is 0 Å². The second-order valence-corrected chi connectivity index (χ2v) is 13.8. The van der Waals surface area contributed by atoms with Crippen LogP contribution in [0.15, 0.2) is 34.7 Å². The second-order valence-electron chi connectivity index (χ2n) is 7.20. The third-order valence-electron chi connectivity index (χ3n) is 3.95. The van der Waals surface area contributed by atoms with Crippen molar-refractivity contribution in [1.29, 1.82) is 0 Å². The number of benzene rings is 1. The van der Waals surface area contributed by atoms with Gasteiger partial charge in [0.1, 0.15) is 4.91 Å². The minimum Gasteiger partial charge on any atom is -0.465 e. The smallest absolute Gasteiger partial charge is 0.346 e. The van der Waals surface area contributed by atoms with Crippen molar-refractivity contribution in [2.24, 2.45) is 0 Å². The van der Waals surface area contributed by atoms with Crippen LogP contribution in [0.5, 0.6) is 0 Å². The van der Waals surface area contributed by atoms with Crippen LogP contribution < -0.4 is 0 Å². The number of rotatable bonds is 6. The molecule has 25 heavy (non-hydrogen) atoms. The maximum Gasteiger partial charge on any atom is 0.346 e.